The highest BCUT2D eigenvalue weighted by Crippen LogP contribution is 2.44. The van der Waals surface area contributed by atoms with Gasteiger partial charge in [0, 0.05) is 46.9 Å². The van der Waals surface area contributed by atoms with Crippen LogP contribution in [0.1, 0.15) is 219 Å². The molecule has 0 saturated heterocycles. The van der Waals surface area contributed by atoms with E-state index in [0.29, 0.717) is 36.2 Å². The van der Waals surface area contributed by atoms with Gasteiger partial charge in [0.15, 0.2) is 12.2 Å². The summed E-state index contributed by atoms with van der Waals surface area (Å²) in [5.74, 6) is 1.40. The average Bonchev–Trinajstić information content (AvgIpc) is 3.45. The molecule has 0 aliphatic heterocycles. The van der Waals surface area contributed by atoms with Crippen molar-refractivity contribution < 1.29 is 42.7 Å². The summed E-state index contributed by atoms with van der Waals surface area (Å²) in [5.41, 5.74) is 0. The van der Waals surface area contributed by atoms with Gasteiger partial charge in [-0.15, -0.1) is 0 Å². The predicted molar refractivity (Wildman–Crippen MR) is 320 cm³/mol. The molecular formula is C68H102O9. The predicted octanol–water partition coefficient (Wildman–Crippen LogP) is 19.3. The van der Waals surface area contributed by atoms with Crippen LogP contribution in [0.4, 0.5) is 0 Å². The Hall–Kier alpha value is -4.86. The van der Waals surface area contributed by atoms with Crippen LogP contribution in [0.3, 0.4) is 0 Å². The van der Waals surface area contributed by atoms with E-state index in [-0.39, 0.29) is 26.4 Å². The number of hydrogen-bond donors (Lipinski definition) is 0. The highest BCUT2D eigenvalue weighted by atomic mass is 16.6. The van der Waals surface area contributed by atoms with Crippen molar-refractivity contribution in [2.75, 3.05) is 39.6 Å². The number of para-hydroxylation sites is 1. The number of carbonyl (C=O) groups is 2. The molecule has 4 rings (SSSR count). The molecule has 0 aromatic heterocycles. The summed E-state index contributed by atoms with van der Waals surface area (Å²) in [4.78, 5) is 25.2. The van der Waals surface area contributed by atoms with Crippen LogP contribution in [0.2, 0.25) is 0 Å². The lowest BCUT2D eigenvalue weighted by atomic mass is 10.00. The van der Waals surface area contributed by atoms with Crippen molar-refractivity contribution in [3.8, 4) is 23.0 Å². The topological polar surface area (TPSA) is 98.8 Å². The first kappa shape index (κ1) is 64.7. The molecule has 2 atom stereocenters. The smallest absolute Gasteiger partial charge is 0.330 e. The third kappa shape index (κ3) is 28.5. The number of rotatable bonds is 50. The highest BCUT2D eigenvalue weighted by Gasteiger charge is 2.23. The minimum atomic E-state index is -0.686. The van der Waals surface area contributed by atoms with E-state index in [4.69, 9.17) is 33.2 Å². The van der Waals surface area contributed by atoms with E-state index in [1.807, 2.05) is 72.8 Å². The summed E-state index contributed by atoms with van der Waals surface area (Å²) in [6.07, 6.45) is 42.9. The second-order valence-electron chi connectivity index (χ2n) is 21.2. The zero-order valence-electron chi connectivity index (χ0n) is 48.2. The second-order valence-corrected chi connectivity index (χ2v) is 21.2. The number of ether oxygens (including phenoxy) is 7. The molecule has 0 radical (unpaired) electrons. The summed E-state index contributed by atoms with van der Waals surface area (Å²) >= 11 is 0. The van der Waals surface area contributed by atoms with Crippen molar-refractivity contribution in [2.45, 2.75) is 232 Å². The van der Waals surface area contributed by atoms with E-state index < -0.39 is 24.1 Å². The molecule has 4 aromatic carbocycles. The van der Waals surface area contributed by atoms with Gasteiger partial charge in [0.05, 0.1) is 13.2 Å². The maximum absolute atomic E-state index is 12.6. The standard InChI is InChI=1S/C68H102O9/c1-5-9-11-13-15-17-19-21-23-25-27-29-31-33-35-42-50-71-53-59(76-65(69)7-3)55-73-67-61-46-40-41-47-62(61)68(64-52-58(48-49-63(64)67)75-57-44-38-37-39-45-57)74-56-60(77-66(70)8-4)54-72-51-43-36-34-32-30-28-26-24-22-20-18-16-14-12-10-6-2/h7-8,37-41,44-49,52,59-60H,3-6,9-36,42-43,50-51,53-56H2,1-2H3. The summed E-state index contributed by atoms with van der Waals surface area (Å²) in [7, 11) is 0. The summed E-state index contributed by atoms with van der Waals surface area (Å²) in [5, 5.41) is 3.08. The van der Waals surface area contributed by atoms with Crippen LogP contribution < -0.4 is 14.2 Å². The van der Waals surface area contributed by atoms with Gasteiger partial charge in [-0.25, -0.2) is 9.59 Å². The van der Waals surface area contributed by atoms with Crippen LogP contribution in [-0.2, 0) is 28.5 Å². The molecule has 0 aliphatic rings. The first-order valence-electron chi connectivity index (χ1n) is 30.8. The minimum absolute atomic E-state index is 0.0396. The van der Waals surface area contributed by atoms with Crippen molar-refractivity contribution in [1.29, 1.82) is 0 Å². The molecule has 9 nitrogen and oxygen atoms in total. The third-order valence-corrected chi connectivity index (χ3v) is 14.5. The Morgan fingerprint density at radius 1 is 0.390 bits per heavy atom. The number of fused-ring (bicyclic) bond motifs is 2. The van der Waals surface area contributed by atoms with E-state index >= 15 is 0 Å². The second kappa shape index (κ2) is 43.1. The van der Waals surface area contributed by atoms with Gasteiger partial charge in [-0.05, 0) is 43.2 Å². The lowest BCUT2D eigenvalue weighted by molar-refractivity contribution is -0.148. The fourth-order valence-electron chi connectivity index (χ4n) is 10.0. The quantitative estimate of drug-likeness (QED) is 0.0185. The van der Waals surface area contributed by atoms with Crippen molar-refractivity contribution in [3.05, 3.63) is 98.1 Å². The van der Waals surface area contributed by atoms with Crippen molar-refractivity contribution in [3.63, 3.8) is 0 Å². The van der Waals surface area contributed by atoms with Crippen LogP contribution in [0.15, 0.2) is 98.1 Å². The Bertz CT molecular complexity index is 2150. The normalized spacial score (nSPS) is 12.1. The van der Waals surface area contributed by atoms with Crippen molar-refractivity contribution >= 4 is 33.5 Å². The first-order chi connectivity index (χ1) is 38.0. The molecule has 9 heteroatoms. The van der Waals surface area contributed by atoms with E-state index in [2.05, 4.69) is 27.0 Å². The molecule has 428 valence electrons. The maximum atomic E-state index is 12.6. The van der Waals surface area contributed by atoms with Crippen molar-refractivity contribution in [2.24, 2.45) is 0 Å². The SMILES string of the molecule is C=CC(=O)OC(COCCCCCCCCCCCCCCCCCC)COc1c2ccccc2c(OCC(COCCCCCCCCCCCCCCCCCC)OC(=O)C=C)c2cc(Oc3ccccc3)ccc12. The van der Waals surface area contributed by atoms with Gasteiger partial charge in [0.1, 0.15) is 36.2 Å². The Kier molecular flexibility index (Phi) is 36.2. The lowest BCUT2D eigenvalue weighted by Crippen LogP contribution is -2.30. The number of hydrogen-bond acceptors (Lipinski definition) is 9. The summed E-state index contributed by atoms with van der Waals surface area (Å²) < 4.78 is 43.6. The maximum Gasteiger partial charge on any atom is 0.330 e. The molecule has 0 bridgehead atoms. The molecule has 0 heterocycles. The zero-order chi connectivity index (χ0) is 54.6. The molecule has 77 heavy (non-hydrogen) atoms. The van der Waals surface area contributed by atoms with E-state index in [9.17, 15) is 9.59 Å². The van der Waals surface area contributed by atoms with E-state index in [0.717, 1.165) is 47.2 Å². The van der Waals surface area contributed by atoms with Crippen molar-refractivity contribution in [1.82, 2.24) is 0 Å². The Morgan fingerprint density at radius 2 is 0.727 bits per heavy atom. The van der Waals surface area contributed by atoms with Gasteiger partial charge in [0.25, 0.3) is 0 Å². The number of benzene rings is 4. The Balaban J connectivity index is 1.31. The van der Waals surface area contributed by atoms with E-state index in [1.165, 1.54) is 192 Å². The molecule has 4 aromatic rings. The lowest BCUT2D eigenvalue weighted by Gasteiger charge is -2.23. The molecule has 0 spiro atoms. The van der Waals surface area contributed by atoms with Gasteiger partial charge in [0.2, 0.25) is 0 Å². The first-order valence-corrected chi connectivity index (χ1v) is 30.8. The Morgan fingerprint density at radius 3 is 1.10 bits per heavy atom. The summed E-state index contributed by atoms with van der Waals surface area (Å²) in [6.45, 7) is 13.4. The highest BCUT2D eigenvalue weighted by molar-refractivity contribution is 6.11. The molecule has 0 fully saturated rings. The number of unbranched alkanes of at least 4 members (excludes halogenated alkanes) is 30. The van der Waals surface area contributed by atoms with Crippen LogP contribution in [-0.4, -0.2) is 63.8 Å². The van der Waals surface area contributed by atoms with Crippen LogP contribution in [0, 0.1) is 0 Å². The van der Waals surface area contributed by atoms with Gasteiger partial charge < -0.3 is 33.2 Å². The molecule has 0 saturated carbocycles. The fourth-order valence-corrected chi connectivity index (χ4v) is 10.0. The van der Waals surface area contributed by atoms with Gasteiger partial charge in [-0.3, -0.25) is 0 Å². The summed E-state index contributed by atoms with van der Waals surface area (Å²) in [6, 6.07) is 23.3. The number of carbonyl (C=O) groups excluding carboxylic acids is 2. The van der Waals surface area contributed by atoms with Crippen LogP contribution in [0.5, 0.6) is 23.0 Å². The minimum Gasteiger partial charge on any atom is -0.488 e. The average molecular weight is 1060 g/mol. The largest absolute Gasteiger partial charge is 0.488 e. The molecule has 0 amide bonds. The monoisotopic (exact) mass is 1060 g/mol. The van der Waals surface area contributed by atoms with Crippen LogP contribution >= 0.6 is 0 Å². The molecule has 0 N–H and O–H groups in total. The molecule has 0 aliphatic carbocycles. The van der Waals surface area contributed by atoms with E-state index in [1.54, 1.807) is 0 Å². The molecular weight excluding hydrogens is 961 g/mol. The van der Waals surface area contributed by atoms with Gasteiger partial charge in [-0.1, -0.05) is 262 Å². The van der Waals surface area contributed by atoms with Crippen LogP contribution in [0.25, 0.3) is 21.5 Å². The Labute approximate surface area is 466 Å². The number of esters is 2. The fraction of sp³-hybridized carbons (Fsp3) is 0.618. The van der Waals surface area contributed by atoms with Gasteiger partial charge >= 0.3 is 11.9 Å². The molecule has 2 unspecified atom stereocenters. The van der Waals surface area contributed by atoms with Gasteiger partial charge in [-0.2, -0.15) is 0 Å². The third-order valence-electron chi connectivity index (χ3n) is 14.5. The zero-order valence-corrected chi connectivity index (χ0v) is 48.2.